The number of fused-ring (bicyclic) bond motifs is 1. The van der Waals surface area contributed by atoms with E-state index < -0.39 is 0 Å². The quantitative estimate of drug-likeness (QED) is 0.613. The van der Waals surface area contributed by atoms with Gasteiger partial charge in [-0.3, -0.25) is 4.79 Å². The SMILES string of the molecule is COc1ccc(-c2nc(C(C)C)nc3c2CCN(C(=O)c2ccccc2C)CC3)cc1. The predicted octanol–water partition coefficient (Wildman–Crippen LogP) is 4.83. The Hall–Kier alpha value is -3.21. The van der Waals surface area contributed by atoms with Crippen LogP contribution < -0.4 is 4.74 Å². The van der Waals surface area contributed by atoms with Crippen molar-refractivity contribution in [2.45, 2.75) is 39.5 Å². The van der Waals surface area contributed by atoms with Crippen molar-refractivity contribution in [3.05, 3.63) is 76.7 Å². The number of aryl methyl sites for hydroxylation is 1. The molecule has 5 nitrogen and oxygen atoms in total. The molecule has 0 N–H and O–H groups in total. The monoisotopic (exact) mass is 415 g/mol. The third kappa shape index (κ3) is 4.31. The molecule has 0 saturated carbocycles. The van der Waals surface area contributed by atoms with Gasteiger partial charge in [-0.1, -0.05) is 32.0 Å². The molecule has 4 rings (SSSR count). The zero-order valence-corrected chi connectivity index (χ0v) is 18.7. The van der Waals surface area contributed by atoms with Crippen LogP contribution in [-0.4, -0.2) is 41.0 Å². The summed E-state index contributed by atoms with van der Waals surface area (Å²) < 4.78 is 5.31. The van der Waals surface area contributed by atoms with Gasteiger partial charge in [-0.2, -0.15) is 0 Å². The average Bonchev–Trinajstić information content (AvgIpc) is 3.01. The molecule has 31 heavy (non-hydrogen) atoms. The highest BCUT2D eigenvalue weighted by molar-refractivity contribution is 5.95. The lowest BCUT2D eigenvalue weighted by atomic mass is 10.00. The number of carbonyl (C=O) groups excluding carboxylic acids is 1. The molecule has 160 valence electrons. The summed E-state index contributed by atoms with van der Waals surface area (Å²) in [6.45, 7) is 7.54. The van der Waals surface area contributed by atoms with Crippen molar-refractivity contribution in [2.75, 3.05) is 20.2 Å². The summed E-state index contributed by atoms with van der Waals surface area (Å²) in [5.74, 6) is 2.00. The molecular formula is C26H29N3O2. The molecular weight excluding hydrogens is 386 g/mol. The van der Waals surface area contributed by atoms with Gasteiger partial charge < -0.3 is 9.64 Å². The summed E-state index contributed by atoms with van der Waals surface area (Å²) in [6, 6.07) is 15.8. The van der Waals surface area contributed by atoms with E-state index in [1.54, 1.807) is 7.11 Å². The maximum absolute atomic E-state index is 13.2. The number of hydrogen-bond acceptors (Lipinski definition) is 4. The standard InChI is InChI=1S/C26H29N3O2/c1-17(2)25-27-23-14-16-29(26(30)21-8-6-5-7-18(21)3)15-13-22(23)24(28-25)19-9-11-20(31-4)12-10-19/h5-12,17H,13-16H2,1-4H3. The highest BCUT2D eigenvalue weighted by Crippen LogP contribution is 2.30. The van der Waals surface area contributed by atoms with Gasteiger partial charge in [0.05, 0.1) is 12.8 Å². The lowest BCUT2D eigenvalue weighted by Crippen LogP contribution is -2.33. The molecule has 5 heteroatoms. The van der Waals surface area contributed by atoms with E-state index in [0.29, 0.717) is 13.1 Å². The number of rotatable bonds is 4. The van der Waals surface area contributed by atoms with Crippen LogP contribution in [0.4, 0.5) is 0 Å². The summed E-state index contributed by atoms with van der Waals surface area (Å²) in [4.78, 5) is 25.0. The molecule has 3 aromatic rings. The van der Waals surface area contributed by atoms with Crippen LogP contribution in [0.5, 0.6) is 5.75 Å². The number of aromatic nitrogens is 2. The van der Waals surface area contributed by atoms with Gasteiger partial charge in [0, 0.05) is 47.8 Å². The van der Waals surface area contributed by atoms with Crippen LogP contribution in [0.2, 0.25) is 0 Å². The summed E-state index contributed by atoms with van der Waals surface area (Å²) in [5.41, 5.74) is 6.02. The van der Waals surface area contributed by atoms with E-state index in [-0.39, 0.29) is 11.8 Å². The number of benzene rings is 2. The number of nitrogens with zero attached hydrogens (tertiary/aromatic N) is 3. The van der Waals surface area contributed by atoms with Gasteiger partial charge in [-0.05, 0) is 49.2 Å². The molecule has 2 aromatic carbocycles. The largest absolute Gasteiger partial charge is 0.497 e. The van der Waals surface area contributed by atoms with Crippen LogP contribution in [0.15, 0.2) is 48.5 Å². The Kier molecular flexibility index (Phi) is 6.03. The molecule has 1 aliphatic rings. The molecule has 2 heterocycles. The Morgan fingerprint density at radius 3 is 2.39 bits per heavy atom. The third-order valence-corrected chi connectivity index (χ3v) is 5.90. The normalized spacial score (nSPS) is 13.6. The van der Waals surface area contributed by atoms with Crippen molar-refractivity contribution in [2.24, 2.45) is 0 Å². The van der Waals surface area contributed by atoms with Crippen molar-refractivity contribution >= 4 is 5.91 Å². The smallest absolute Gasteiger partial charge is 0.254 e. The van der Waals surface area contributed by atoms with Crippen LogP contribution in [0.25, 0.3) is 11.3 Å². The molecule has 1 aliphatic heterocycles. The molecule has 0 radical (unpaired) electrons. The van der Waals surface area contributed by atoms with Gasteiger partial charge in [0.1, 0.15) is 11.6 Å². The molecule has 0 bridgehead atoms. The fourth-order valence-electron chi connectivity index (χ4n) is 4.05. The second kappa shape index (κ2) is 8.88. The second-order valence-corrected chi connectivity index (χ2v) is 8.35. The van der Waals surface area contributed by atoms with E-state index >= 15 is 0 Å². The van der Waals surface area contributed by atoms with E-state index in [9.17, 15) is 4.79 Å². The van der Waals surface area contributed by atoms with Crippen molar-refractivity contribution in [3.8, 4) is 17.0 Å². The number of hydrogen-bond donors (Lipinski definition) is 0. The van der Waals surface area contributed by atoms with Crippen molar-refractivity contribution < 1.29 is 9.53 Å². The Morgan fingerprint density at radius 1 is 1.00 bits per heavy atom. The van der Waals surface area contributed by atoms with E-state index in [1.165, 1.54) is 0 Å². The van der Waals surface area contributed by atoms with Crippen LogP contribution >= 0.6 is 0 Å². The maximum Gasteiger partial charge on any atom is 0.254 e. The van der Waals surface area contributed by atoms with Gasteiger partial charge in [0.25, 0.3) is 5.91 Å². The Morgan fingerprint density at radius 2 is 1.71 bits per heavy atom. The first-order valence-electron chi connectivity index (χ1n) is 10.9. The molecule has 1 amide bonds. The Balaban J connectivity index is 1.69. The lowest BCUT2D eigenvalue weighted by Gasteiger charge is -2.21. The predicted molar refractivity (Wildman–Crippen MR) is 123 cm³/mol. The topological polar surface area (TPSA) is 55.3 Å². The van der Waals surface area contributed by atoms with E-state index in [1.807, 2.05) is 60.4 Å². The number of carbonyl (C=O) groups is 1. The van der Waals surface area contributed by atoms with Crippen LogP contribution in [0.1, 0.15) is 52.8 Å². The molecule has 0 unspecified atom stereocenters. The third-order valence-electron chi connectivity index (χ3n) is 5.90. The van der Waals surface area contributed by atoms with E-state index in [4.69, 9.17) is 14.7 Å². The van der Waals surface area contributed by atoms with Crippen molar-refractivity contribution in [1.29, 1.82) is 0 Å². The molecule has 0 fully saturated rings. The first-order valence-corrected chi connectivity index (χ1v) is 10.9. The van der Waals surface area contributed by atoms with Gasteiger partial charge >= 0.3 is 0 Å². The Bertz CT molecular complexity index is 1090. The van der Waals surface area contributed by atoms with Crippen LogP contribution in [0.3, 0.4) is 0 Å². The zero-order chi connectivity index (χ0) is 22.0. The van der Waals surface area contributed by atoms with Crippen molar-refractivity contribution in [1.82, 2.24) is 14.9 Å². The minimum Gasteiger partial charge on any atom is -0.497 e. The number of methoxy groups -OCH3 is 1. The number of ether oxygens (including phenoxy) is 1. The summed E-state index contributed by atoms with van der Waals surface area (Å²) >= 11 is 0. The second-order valence-electron chi connectivity index (χ2n) is 8.35. The molecule has 0 spiro atoms. The Labute approximate surface area is 184 Å². The molecule has 0 saturated heterocycles. The molecule has 1 aromatic heterocycles. The lowest BCUT2D eigenvalue weighted by molar-refractivity contribution is 0.0762. The minimum atomic E-state index is 0.0916. The first kappa shape index (κ1) is 21.0. The summed E-state index contributed by atoms with van der Waals surface area (Å²) in [5, 5.41) is 0. The average molecular weight is 416 g/mol. The minimum absolute atomic E-state index is 0.0916. The highest BCUT2D eigenvalue weighted by Gasteiger charge is 2.25. The summed E-state index contributed by atoms with van der Waals surface area (Å²) in [7, 11) is 1.67. The van der Waals surface area contributed by atoms with Gasteiger partial charge in [-0.25, -0.2) is 9.97 Å². The van der Waals surface area contributed by atoms with Crippen LogP contribution in [0, 0.1) is 6.92 Å². The summed E-state index contributed by atoms with van der Waals surface area (Å²) in [6.07, 6.45) is 1.48. The highest BCUT2D eigenvalue weighted by atomic mass is 16.5. The fourth-order valence-corrected chi connectivity index (χ4v) is 4.05. The van der Waals surface area contributed by atoms with E-state index in [0.717, 1.165) is 58.1 Å². The zero-order valence-electron chi connectivity index (χ0n) is 18.7. The van der Waals surface area contributed by atoms with Gasteiger partial charge in [0.2, 0.25) is 0 Å². The first-order chi connectivity index (χ1) is 15.0. The maximum atomic E-state index is 13.2. The molecule has 0 atom stereocenters. The van der Waals surface area contributed by atoms with E-state index in [2.05, 4.69) is 13.8 Å². The van der Waals surface area contributed by atoms with Crippen molar-refractivity contribution in [3.63, 3.8) is 0 Å². The fraction of sp³-hybridized carbons (Fsp3) is 0.346. The molecule has 0 aliphatic carbocycles. The number of amides is 1. The van der Waals surface area contributed by atoms with Gasteiger partial charge in [0.15, 0.2) is 0 Å². The van der Waals surface area contributed by atoms with Crippen LogP contribution in [-0.2, 0) is 12.8 Å². The van der Waals surface area contributed by atoms with Gasteiger partial charge in [-0.15, -0.1) is 0 Å².